The van der Waals surface area contributed by atoms with E-state index in [0.717, 1.165) is 0 Å². The molecule has 0 spiro atoms. The van der Waals surface area contributed by atoms with Crippen molar-refractivity contribution in [2.24, 2.45) is 0 Å². The van der Waals surface area contributed by atoms with Crippen LogP contribution in [-0.2, 0) is 49.3 Å². The first-order chi connectivity index (χ1) is 36.9. The van der Waals surface area contributed by atoms with Crippen molar-refractivity contribution < 1.29 is 25.3 Å². The number of hydrogen-bond acceptors (Lipinski definition) is 15. The maximum atomic E-state index is 13.4. The second kappa shape index (κ2) is 19.8. The third-order valence-corrected chi connectivity index (χ3v) is 19.0. The van der Waals surface area contributed by atoms with Gasteiger partial charge in [-0.1, -0.05) is 29.8 Å². The number of aryl methyl sites for hydroxylation is 1. The first-order valence-electron chi connectivity index (χ1n) is 23.2. The zero-order chi connectivity index (χ0) is 54.6. The smallest absolute Gasteiger partial charge is 0.265 e. The Balaban J connectivity index is 0.000000131. The highest BCUT2D eigenvalue weighted by Crippen LogP contribution is 2.38. The minimum absolute atomic E-state index is 0.0543. The first-order valence-corrected chi connectivity index (χ1v) is 27.9. The molecule has 9 heterocycles. The molecular weight excluding hydrogens is 1070 g/mol. The highest BCUT2D eigenvalue weighted by atomic mass is 35.5. The van der Waals surface area contributed by atoms with Gasteiger partial charge in [-0.3, -0.25) is 42.3 Å². The largest absolute Gasteiger partial charge is 0.329 e. The van der Waals surface area contributed by atoms with Gasteiger partial charge < -0.3 is 15.0 Å². The van der Waals surface area contributed by atoms with Gasteiger partial charge in [-0.15, -0.1) is 0 Å². The topological polar surface area (TPSA) is 321 Å². The minimum atomic E-state index is -4.00. The van der Waals surface area contributed by atoms with Crippen molar-refractivity contribution in [2.45, 2.75) is 40.9 Å². The number of nitriles is 3. The second-order valence-electron chi connectivity index (χ2n) is 17.5. The van der Waals surface area contributed by atoms with E-state index in [0.29, 0.717) is 91.6 Å². The van der Waals surface area contributed by atoms with E-state index < -0.39 is 35.6 Å². The molecule has 0 atom stereocenters. The number of pyridine rings is 6. The van der Waals surface area contributed by atoms with Gasteiger partial charge in [0.2, 0.25) is 0 Å². The number of aromatic nitrogens is 6. The van der Waals surface area contributed by atoms with Crippen LogP contribution in [0, 0.1) is 40.9 Å². The molecule has 0 fully saturated rings. The molecule has 384 valence electrons. The van der Waals surface area contributed by atoms with Crippen LogP contribution in [0.2, 0.25) is 5.02 Å². The summed E-state index contributed by atoms with van der Waals surface area (Å²) in [4.78, 5) is 56.4. The number of nitrogens with zero attached hydrogens (tertiary/aromatic N) is 9. The van der Waals surface area contributed by atoms with Crippen LogP contribution in [0.3, 0.4) is 0 Å². The Morgan fingerprint density at radius 3 is 1.36 bits per heavy atom. The molecule has 3 aromatic carbocycles. The van der Waals surface area contributed by atoms with Crippen molar-refractivity contribution in [1.29, 1.82) is 15.8 Å². The summed E-state index contributed by atoms with van der Waals surface area (Å²) in [5, 5.41) is 29.1. The molecule has 0 saturated carbocycles. The monoisotopic (exact) mass is 1100 g/mol. The first kappa shape index (κ1) is 51.2. The molecule has 3 aliphatic rings. The van der Waals surface area contributed by atoms with E-state index in [2.05, 4.69) is 29.9 Å². The van der Waals surface area contributed by atoms with Crippen LogP contribution >= 0.6 is 11.6 Å². The summed E-state index contributed by atoms with van der Waals surface area (Å²) in [6.07, 6.45) is 9.91. The molecule has 0 radical (unpaired) electrons. The average Bonchev–Trinajstić information content (AvgIpc) is 4.30. The molecule has 0 aliphatic carbocycles. The molecule has 9 aromatic rings. The molecule has 0 unspecified atom stereocenters. The summed E-state index contributed by atoms with van der Waals surface area (Å²) in [5.41, 5.74) is 3.55. The van der Waals surface area contributed by atoms with Gasteiger partial charge in [0.1, 0.15) is 18.2 Å². The molecule has 77 heavy (non-hydrogen) atoms. The predicted octanol–water partition coefficient (Wildman–Crippen LogP) is 5.60. The summed E-state index contributed by atoms with van der Waals surface area (Å²) in [5.74, 6) is 0. The van der Waals surface area contributed by atoms with Crippen molar-refractivity contribution in [1.82, 2.24) is 29.9 Å². The number of fused-ring (bicyclic) bond motifs is 6. The van der Waals surface area contributed by atoms with Gasteiger partial charge in [0, 0.05) is 108 Å². The zero-order valence-corrected chi connectivity index (χ0v) is 43.2. The van der Waals surface area contributed by atoms with Crippen LogP contribution in [0.15, 0.2) is 145 Å². The lowest BCUT2D eigenvalue weighted by Gasteiger charge is -2.21. The molecule has 3 aliphatic heterocycles. The van der Waals surface area contributed by atoms with E-state index in [9.17, 15) is 39.6 Å². The highest BCUT2D eigenvalue weighted by Gasteiger charge is 2.36. The summed E-state index contributed by atoms with van der Waals surface area (Å²) in [6.45, 7) is 2.46. The Morgan fingerprint density at radius 2 is 0.896 bits per heavy atom. The molecule has 0 saturated heterocycles. The number of anilines is 3. The maximum Gasteiger partial charge on any atom is 0.265 e. The summed E-state index contributed by atoms with van der Waals surface area (Å²) in [6, 6.07) is 25.8. The fourth-order valence-corrected chi connectivity index (χ4v) is 15.0. The molecule has 6 aromatic heterocycles. The fraction of sp³-hybridized carbons (Fsp3) is 0.135. The lowest BCUT2D eigenvalue weighted by molar-refractivity contribution is 0.591. The van der Waals surface area contributed by atoms with E-state index in [4.69, 9.17) is 27.4 Å². The molecule has 0 amide bonds. The van der Waals surface area contributed by atoms with E-state index in [1.807, 2.05) is 18.2 Å². The maximum absolute atomic E-state index is 13.4. The third-order valence-electron chi connectivity index (χ3n) is 13.1. The van der Waals surface area contributed by atoms with Crippen LogP contribution in [0.1, 0.15) is 39.3 Å². The van der Waals surface area contributed by atoms with Crippen LogP contribution in [0.4, 0.5) is 17.1 Å². The number of sulfonamides is 3. The second-order valence-corrected chi connectivity index (χ2v) is 23.4. The van der Waals surface area contributed by atoms with Gasteiger partial charge in [0.25, 0.3) is 46.7 Å². The Morgan fingerprint density at radius 1 is 0.506 bits per heavy atom. The van der Waals surface area contributed by atoms with Gasteiger partial charge in [0.05, 0.1) is 70.5 Å². The molecular formula is C52H37ClN12O9S3. The molecule has 3 N–H and O–H groups in total. The number of rotatable bonds is 6. The molecule has 12 rings (SSSR count). The lowest BCUT2D eigenvalue weighted by atomic mass is 10.1. The van der Waals surface area contributed by atoms with Gasteiger partial charge >= 0.3 is 0 Å². The average molecular weight is 1110 g/mol. The summed E-state index contributed by atoms with van der Waals surface area (Å²) < 4.78 is 83.6. The quantitative estimate of drug-likeness (QED) is 0.182. The Kier molecular flexibility index (Phi) is 13.2. The van der Waals surface area contributed by atoms with Crippen molar-refractivity contribution in [2.75, 3.05) is 32.5 Å². The number of halogens is 1. The number of aromatic amines is 3. The Labute approximate surface area is 442 Å². The Bertz CT molecular complexity index is 4460. The van der Waals surface area contributed by atoms with Crippen molar-refractivity contribution in [3.05, 3.63) is 191 Å². The summed E-state index contributed by atoms with van der Waals surface area (Å²) >= 11 is 6.19. The van der Waals surface area contributed by atoms with Gasteiger partial charge in [0.15, 0.2) is 0 Å². The zero-order valence-electron chi connectivity index (χ0n) is 40.0. The van der Waals surface area contributed by atoms with Crippen molar-refractivity contribution in [3.8, 4) is 18.2 Å². The number of H-pyrrole nitrogens is 3. The normalized spacial score (nSPS) is 13.6. The van der Waals surface area contributed by atoms with Crippen molar-refractivity contribution >= 4 is 91.1 Å². The van der Waals surface area contributed by atoms with Crippen LogP contribution in [0.5, 0.6) is 0 Å². The van der Waals surface area contributed by atoms with Gasteiger partial charge in [-0.2, -0.15) is 15.8 Å². The molecule has 25 heteroatoms. The van der Waals surface area contributed by atoms with Gasteiger partial charge in [-0.05, 0) is 73.2 Å². The fourth-order valence-electron chi connectivity index (χ4n) is 9.49. The molecule has 21 nitrogen and oxygen atoms in total. The standard InChI is InChI=1S/C18H14N4O3S.C17H11ClN4O3S.C17H12N4O3S/c1-11-9-21-18(23)13-3-2-4-16(17(11)13)26(24,25)22-6-5-14-15(22)7-12(8-19)10-20-14;18-12-9-21-17(23)11-2-1-3-15(16(11)12)26(24,25)22-5-4-13-14(22)6-10(7-19)8-20-13;18-9-11-8-15-14(20-10-11)5-7-21(15)25(23,24)16-3-1-2-13-12(16)4-6-19-17(13)22/h2-4,7,9-10H,5-6H2,1H3,(H,21,23);1-3,6,8-9H,4-5H2,(H,21,23);1-4,6,8,10H,5,7H2,(H,19,22). The van der Waals surface area contributed by atoms with E-state index in [1.54, 1.807) is 37.3 Å². The SMILES string of the molecule is Cc1c[nH]c(=O)c2cccc(S(=O)(=O)N3CCc4ncc(C#N)cc43)c12.N#Cc1cnc2c(c1)N(S(=O)(=O)c1cccc3c(=O)[nH]cc(Cl)c13)CC2.N#Cc1cnc2c(c1)N(S(=O)(=O)c1cccc3c(=O)[nH]ccc13)CC2. The number of nitrogens with one attached hydrogen (secondary N) is 3. The van der Waals surface area contributed by atoms with Crippen LogP contribution < -0.4 is 29.6 Å². The van der Waals surface area contributed by atoms with E-state index >= 15 is 0 Å². The van der Waals surface area contributed by atoms with Crippen molar-refractivity contribution in [3.63, 3.8) is 0 Å². The predicted molar refractivity (Wildman–Crippen MR) is 285 cm³/mol. The lowest BCUT2D eigenvalue weighted by Crippen LogP contribution is -2.29. The molecule has 0 bridgehead atoms. The third kappa shape index (κ3) is 8.96. The van der Waals surface area contributed by atoms with Gasteiger partial charge in [-0.25, -0.2) is 25.3 Å². The summed E-state index contributed by atoms with van der Waals surface area (Å²) in [7, 11) is -11.8. The number of hydrogen-bond donors (Lipinski definition) is 3. The minimum Gasteiger partial charge on any atom is -0.329 e. The van der Waals surface area contributed by atoms with Crippen LogP contribution in [0.25, 0.3) is 32.3 Å². The Hall–Kier alpha value is -9.25. The highest BCUT2D eigenvalue weighted by molar-refractivity contribution is 7.93. The number of benzene rings is 3. The van der Waals surface area contributed by atoms with E-state index in [-0.39, 0.29) is 66.8 Å². The van der Waals surface area contributed by atoms with Crippen LogP contribution in [-0.4, -0.2) is 74.8 Å². The van der Waals surface area contributed by atoms with E-state index in [1.165, 1.54) is 98.6 Å².